The maximum atomic E-state index is 13.2. The van der Waals surface area contributed by atoms with Gasteiger partial charge >= 0.3 is 12.1 Å². The van der Waals surface area contributed by atoms with Crippen LogP contribution in [0.25, 0.3) is 0 Å². The molecule has 0 aliphatic carbocycles. The molecule has 0 radical (unpaired) electrons. The van der Waals surface area contributed by atoms with E-state index in [9.17, 15) is 36.0 Å². The van der Waals surface area contributed by atoms with Crippen molar-refractivity contribution in [3.63, 3.8) is 0 Å². The smallest absolute Gasteiger partial charge is 0.426 e. The summed E-state index contributed by atoms with van der Waals surface area (Å²) in [5, 5.41) is 2.46. The van der Waals surface area contributed by atoms with E-state index in [4.69, 9.17) is 4.55 Å². The molecular weight excluding hydrogens is 790 g/mol. The summed E-state index contributed by atoms with van der Waals surface area (Å²) in [6.45, 7) is 2.38. The minimum Gasteiger partial charge on any atom is -0.448 e. The lowest BCUT2D eigenvalue weighted by Gasteiger charge is -2.25. The number of carbonyl (C=O) groups is 3. The van der Waals surface area contributed by atoms with Gasteiger partial charge < -0.3 is 15.0 Å². The van der Waals surface area contributed by atoms with Crippen molar-refractivity contribution < 1.29 is 45.3 Å². The number of amides is 2. The number of hydrogen-bond donors (Lipinski definition) is 2. The van der Waals surface area contributed by atoms with Crippen LogP contribution in [-0.2, 0) is 24.4 Å². The standard InChI is InChI=1S/C15H14F3I3N2O7S/c1-5(24)22-12-9(19)8(10(20)13(11(12)21)23(3)6(2)25)14(26)30-7(15(16,17)18)4-31(27,28)29/h7H,4H2,1-3H3,(H,22,24)(H,27,28,29). The Labute approximate surface area is 216 Å². The molecule has 0 bridgehead atoms. The van der Waals surface area contributed by atoms with Gasteiger partial charge in [-0.2, -0.15) is 21.6 Å². The number of esters is 1. The molecule has 2 N–H and O–H groups in total. The van der Waals surface area contributed by atoms with E-state index in [1.54, 1.807) is 45.2 Å². The zero-order chi connectivity index (χ0) is 24.5. The third-order valence-electron chi connectivity index (χ3n) is 3.58. The van der Waals surface area contributed by atoms with Crippen LogP contribution < -0.4 is 10.2 Å². The number of halogens is 6. The first-order valence-electron chi connectivity index (χ1n) is 7.83. The van der Waals surface area contributed by atoms with E-state index in [0.29, 0.717) is 3.57 Å². The van der Waals surface area contributed by atoms with E-state index in [-0.39, 0.29) is 18.5 Å². The van der Waals surface area contributed by atoms with Gasteiger partial charge in [0.25, 0.3) is 10.1 Å². The van der Waals surface area contributed by atoms with Gasteiger partial charge in [-0.15, -0.1) is 0 Å². The van der Waals surface area contributed by atoms with Crippen LogP contribution in [0.4, 0.5) is 24.5 Å². The number of nitrogens with zero attached hydrogens (tertiary/aromatic N) is 1. The Hall–Kier alpha value is -0.480. The second kappa shape index (κ2) is 10.6. The van der Waals surface area contributed by atoms with Crippen molar-refractivity contribution in [2.24, 2.45) is 0 Å². The predicted molar refractivity (Wildman–Crippen MR) is 130 cm³/mol. The molecule has 0 fully saturated rings. The van der Waals surface area contributed by atoms with Crippen LogP contribution in [0.15, 0.2) is 0 Å². The molecule has 1 aromatic rings. The molecule has 1 unspecified atom stereocenters. The van der Waals surface area contributed by atoms with Gasteiger partial charge in [0.15, 0.2) is 0 Å². The molecule has 0 aromatic heterocycles. The topological polar surface area (TPSA) is 130 Å². The molecule has 174 valence electrons. The van der Waals surface area contributed by atoms with E-state index in [2.05, 4.69) is 10.1 Å². The van der Waals surface area contributed by atoms with E-state index in [1.807, 2.05) is 22.6 Å². The first-order valence-corrected chi connectivity index (χ1v) is 12.7. The van der Waals surface area contributed by atoms with Crippen molar-refractivity contribution in [3.8, 4) is 0 Å². The van der Waals surface area contributed by atoms with Crippen LogP contribution in [0.3, 0.4) is 0 Å². The van der Waals surface area contributed by atoms with Gasteiger partial charge in [-0.3, -0.25) is 14.1 Å². The van der Waals surface area contributed by atoms with Crippen molar-refractivity contribution in [1.82, 2.24) is 0 Å². The van der Waals surface area contributed by atoms with Crippen LogP contribution in [0.2, 0.25) is 0 Å². The summed E-state index contributed by atoms with van der Waals surface area (Å²) in [5.41, 5.74) is -0.233. The monoisotopic (exact) mass is 804 g/mol. The summed E-state index contributed by atoms with van der Waals surface area (Å²) in [6, 6.07) is 0. The number of anilines is 2. The molecule has 0 aliphatic heterocycles. The van der Waals surface area contributed by atoms with Crippen molar-refractivity contribution >= 4 is 107 Å². The van der Waals surface area contributed by atoms with E-state index < -0.39 is 51.5 Å². The summed E-state index contributed by atoms with van der Waals surface area (Å²) in [5.74, 6) is -4.46. The van der Waals surface area contributed by atoms with Gasteiger partial charge in [0.1, 0.15) is 5.75 Å². The normalized spacial score (nSPS) is 12.8. The lowest BCUT2D eigenvalue weighted by atomic mass is 10.1. The van der Waals surface area contributed by atoms with Gasteiger partial charge in [0.05, 0.1) is 27.6 Å². The van der Waals surface area contributed by atoms with Gasteiger partial charge in [0, 0.05) is 20.9 Å². The molecule has 9 nitrogen and oxygen atoms in total. The van der Waals surface area contributed by atoms with Crippen LogP contribution in [0, 0.1) is 10.7 Å². The second-order valence-corrected chi connectivity index (χ2v) is 10.7. The number of alkyl halides is 3. The van der Waals surface area contributed by atoms with Crippen molar-refractivity contribution in [1.29, 1.82) is 0 Å². The molecule has 0 saturated heterocycles. The molecule has 1 atom stereocenters. The lowest BCUT2D eigenvalue weighted by molar-refractivity contribution is -0.197. The van der Waals surface area contributed by atoms with Crippen molar-refractivity contribution in [2.75, 3.05) is 23.0 Å². The third kappa shape index (κ3) is 7.52. The van der Waals surface area contributed by atoms with Gasteiger partial charge in [-0.1, -0.05) is 0 Å². The SMILES string of the molecule is CC(=O)Nc1c(I)c(C(=O)OC(CS(=O)(=O)O)C(F)(F)F)c(I)c(N(C)C(C)=O)c1I. The van der Waals surface area contributed by atoms with Gasteiger partial charge in [-0.05, 0) is 67.8 Å². The Kier molecular flexibility index (Phi) is 9.79. The van der Waals surface area contributed by atoms with Crippen molar-refractivity contribution in [3.05, 3.63) is 16.3 Å². The molecule has 31 heavy (non-hydrogen) atoms. The van der Waals surface area contributed by atoms with Crippen LogP contribution in [0.1, 0.15) is 24.2 Å². The average molecular weight is 804 g/mol. The Balaban J connectivity index is 3.72. The number of rotatable bonds is 6. The number of carbonyl (C=O) groups excluding carboxylic acids is 3. The van der Waals surface area contributed by atoms with Gasteiger partial charge in [-0.25, -0.2) is 4.79 Å². The van der Waals surface area contributed by atoms with Crippen LogP contribution in [0.5, 0.6) is 0 Å². The molecular formula is C15H14F3I3N2O7S. The largest absolute Gasteiger partial charge is 0.448 e. The highest BCUT2D eigenvalue weighted by molar-refractivity contribution is 14.1. The maximum Gasteiger partial charge on any atom is 0.426 e. The minimum absolute atomic E-state index is 0.0140. The van der Waals surface area contributed by atoms with Gasteiger partial charge in [0.2, 0.25) is 17.9 Å². The second-order valence-electron chi connectivity index (χ2n) is 5.98. The predicted octanol–water partition coefficient (Wildman–Crippen LogP) is 3.42. The molecule has 0 aliphatic rings. The summed E-state index contributed by atoms with van der Waals surface area (Å²) < 4.78 is 75.0. The molecule has 0 spiro atoms. The molecule has 0 saturated carbocycles. The molecule has 2 amide bonds. The fourth-order valence-corrected chi connectivity index (χ4v) is 7.38. The highest BCUT2D eigenvalue weighted by Gasteiger charge is 2.46. The zero-order valence-electron chi connectivity index (χ0n) is 15.8. The van der Waals surface area contributed by atoms with Crippen LogP contribution in [-0.4, -0.2) is 55.8 Å². The first-order chi connectivity index (χ1) is 13.9. The molecule has 1 aromatic carbocycles. The number of benzene rings is 1. The number of ether oxygens (including phenoxy) is 1. The number of hydrogen-bond acceptors (Lipinski definition) is 6. The highest BCUT2D eigenvalue weighted by atomic mass is 127. The fraction of sp³-hybridized carbons (Fsp3) is 0.400. The Morgan fingerprint density at radius 2 is 1.65 bits per heavy atom. The summed E-state index contributed by atoms with van der Waals surface area (Å²) in [6.07, 6.45) is -8.43. The van der Waals surface area contributed by atoms with E-state index in [1.165, 1.54) is 20.9 Å². The Bertz CT molecular complexity index is 1030. The quantitative estimate of drug-likeness (QED) is 0.256. The maximum absolute atomic E-state index is 13.2. The summed E-state index contributed by atoms with van der Waals surface area (Å²) in [7, 11) is -3.77. The van der Waals surface area contributed by atoms with Crippen LogP contribution >= 0.6 is 67.8 Å². The summed E-state index contributed by atoms with van der Waals surface area (Å²) in [4.78, 5) is 37.3. The molecule has 1 rings (SSSR count). The van der Waals surface area contributed by atoms with E-state index >= 15 is 0 Å². The molecule has 0 heterocycles. The highest BCUT2D eigenvalue weighted by Crippen LogP contribution is 2.41. The number of nitrogens with one attached hydrogen (secondary N) is 1. The lowest BCUT2D eigenvalue weighted by Crippen LogP contribution is -2.40. The Morgan fingerprint density at radius 1 is 1.13 bits per heavy atom. The third-order valence-corrected chi connectivity index (χ3v) is 7.49. The Morgan fingerprint density at radius 3 is 2.03 bits per heavy atom. The van der Waals surface area contributed by atoms with Crippen molar-refractivity contribution in [2.45, 2.75) is 26.1 Å². The molecule has 16 heteroatoms. The first kappa shape index (κ1) is 28.6. The zero-order valence-corrected chi connectivity index (χ0v) is 23.1. The average Bonchev–Trinajstić information content (AvgIpc) is 2.55. The minimum atomic E-state index is -5.29. The summed E-state index contributed by atoms with van der Waals surface area (Å²) >= 11 is 5.06. The fourth-order valence-electron chi connectivity index (χ4n) is 2.14. The van der Waals surface area contributed by atoms with E-state index in [0.717, 1.165) is 4.90 Å².